The van der Waals surface area contributed by atoms with Crippen LogP contribution in [0, 0.1) is 6.92 Å². The molecule has 1 aromatic heterocycles. The van der Waals surface area contributed by atoms with Crippen LogP contribution in [0.4, 0.5) is 0 Å². The van der Waals surface area contributed by atoms with Crippen molar-refractivity contribution in [2.24, 2.45) is 0 Å². The predicted octanol–water partition coefficient (Wildman–Crippen LogP) is 4.66. The van der Waals surface area contributed by atoms with Crippen LogP contribution in [0.2, 0.25) is 5.02 Å². The number of nitrogens with zero attached hydrogens (tertiary/aromatic N) is 3. The van der Waals surface area contributed by atoms with Crippen molar-refractivity contribution < 1.29 is 9.59 Å². The molecule has 5 nitrogen and oxygen atoms in total. The zero-order chi connectivity index (χ0) is 22.7. The van der Waals surface area contributed by atoms with Crippen molar-refractivity contribution in [1.29, 1.82) is 0 Å². The smallest absolute Gasteiger partial charge is 0.271 e. The van der Waals surface area contributed by atoms with Crippen LogP contribution < -0.4 is 0 Å². The number of benzene rings is 2. The average Bonchev–Trinajstić information content (AvgIpc) is 3.16. The van der Waals surface area contributed by atoms with Gasteiger partial charge in [-0.2, -0.15) is 0 Å². The summed E-state index contributed by atoms with van der Waals surface area (Å²) in [5.41, 5.74) is 4.72. The van der Waals surface area contributed by atoms with Gasteiger partial charge in [0.1, 0.15) is 5.69 Å². The van der Waals surface area contributed by atoms with E-state index in [-0.39, 0.29) is 11.8 Å². The van der Waals surface area contributed by atoms with Gasteiger partial charge in [0.05, 0.1) is 6.42 Å². The molecule has 2 amide bonds. The molecule has 3 aromatic rings. The summed E-state index contributed by atoms with van der Waals surface area (Å²) in [6, 6.07) is 17.4. The van der Waals surface area contributed by atoms with Gasteiger partial charge in [0.25, 0.3) is 5.91 Å². The first-order valence-electron chi connectivity index (χ1n) is 11.0. The van der Waals surface area contributed by atoms with Gasteiger partial charge in [-0.1, -0.05) is 54.1 Å². The molecule has 4 rings (SSSR count). The summed E-state index contributed by atoms with van der Waals surface area (Å²) in [5.74, 6) is 0.123. The van der Waals surface area contributed by atoms with Crippen LogP contribution in [-0.2, 0) is 17.8 Å². The Labute approximate surface area is 194 Å². The topological polar surface area (TPSA) is 45.6 Å². The molecular weight excluding hydrogens is 422 g/mol. The summed E-state index contributed by atoms with van der Waals surface area (Å²) in [6.07, 6.45) is 2.43. The summed E-state index contributed by atoms with van der Waals surface area (Å²) < 4.78 is 2.02. The maximum absolute atomic E-state index is 13.6. The summed E-state index contributed by atoms with van der Waals surface area (Å²) >= 11 is 6.07. The minimum Gasteiger partial charge on any atom is -0.343 e. The normalized spacial score (nSPS) is 14.0. The van der Waals surface area contributed by atoms with Gasteiger partial charge in [-0.05, 0) is 42.7 Å². The number of piperazine rings is 1. The van der Waals surface area contributed by atoms with Crippen molar-refractivity contribution >= 4 is 23.4 Å². The highest BCUT2D eigenvalue weighted by molar-refractivity contribution is 6.30. The van der Waals surface area contributed by atoms with E-state index in [0.717, 1.165) is 22.3 Å². The van der Waals surface area contributed by atoms with Gasteiger partial charge in [0, 0.05) is 49.5 Å². The van der Waals surface area contributed by atoms with Crippen molar-refractivity contribution in [2.75, 3.05) is 26.2 Å². The summed E-state index contributed by atoms with van der Waals surface area (Å²) in [7, 11) is 0. The first-order chi connectivity index (χ1) is 15.5. The fourth-order valence-corrected chi connectivity index (χ4v) is 4.47. The van der Waals surface area contributed by atoms with Crippen LogP contribution in [0.1, 0.15) is 28.5 Å². The number of carbonyl (C=O) groups excluding carboxylic acids is 2. The second-order valence-electron chi connectivity index (χ2n) is 8.16. The third-order valence-corrected chi connectivity index (χ3v) is 6.31. The van der Waals surface area contributed by atoms with Gasteiger partial charge >= 0.3 is 0 Å². The maximum atomic E-state index is 13.6. The van der Waals surface area contributed by atoms with Crippen molar-refractivity contribution in [3.8, 4) is 11.1 Å². The van der Waals surface area contributed by atoms with E-state index >= 15 is 0 Å². The van der Waals surface area contributed by atoms with E-state index < -0.39 is 0 Å². The van der Waals surface area contributed by atoms with Crippen LogP contribution in [0.25, 0.3) is 11.1 Å². The van der Waals surface area contributed by atoms with Gasteiger partial charge in [-0.25, -0.2) is 0 Å². The van der Waals surface area contributed by atoms with Gasteiger partial charge in [-0.15, -0.1) is 0 Å². The predicted molar refractivity (Wildman–Crippen MR) is 128 cm³/mol. The SMILES string of the molecule is CCn1cc(C)c(-c2ccc(Cl)cc2)c1C(=O)N1CCN(C(=O)Cc2ccccc2)CC1. The lowest BCUT2D eigenvalue weighted by Crippen LogP contribution is -2.51. The second kappa shape index (κ2) is 9.61. The molecule has 2 aromatic carbocycles. The quantitative estimate of drug-likeness (QED) is 0.568. The highest BCUT2D eigenvalue weighted by Crippen LogP contribution is 2.31. The molecule has 1 saturated heterocycles. The van der Waals surface area contributed by atoms with Gasteiger partial charge in [-0.3, -0.25) is 9.59 Å². The van der Waals surface area contributed by atoms with E-state index in [1.807, 2.05) is 89.0 Å². The molecule has 32 heavy (non-hydrogen) atoms. The van der Waals surface area contributed by atoms with Crippen LogP contribution in [0.15, 0.2) is 60.8 Å². The van der Waals surface area contributed by atoms with Gasteiger partial charge in [0.15, 0.2) is 0 Å². The van der Waals surface area contributed by atoms with Crippen molar-refractivity contribution in [3.63, 3.8) is 0 Å². The van der Waals surface area contributed by atoms with Crippen LogP contribution in [-0.4, -0.2) is 52.4 Å². The minimum absolute atomic E-state index is 0.0139. The lowest BCUT2D eigenvalue weighted by molar-refractivity contribution is -0.131. The highest BCUT2D eigenvalue weighted by atomic mass is 35.5. The van der Waals surface area contributed by atoms with E-state index in [9.17, 15) is 9.59 Å². The van der Waals surface area contributed by atoms with E-state index in [1.54, 1.807) is 0 Å². The van der Waals surface area contributed by atoms with E-state index in [2.05, 4.69) is 0 Å². The molecule has 2 heterocycles. The Balaban J connectivity index is 1.50. The number of halogens is 1. The number of hydrogen-bond donors (Lipinski definition) is 0. The average molecular weight is 450 g/mol. The van der Waals surface area contributed by atoms with E-state index in [0.29, 0.717) is 49.9 Å². The standard InChI is InChI=1S/C26H28ClN3O2/c1-3-28-18-19(2)24(21-9-11-22(27)12-10-21)25(28)26(32)30-15-13-29(14-16-30)23(31)17-20-7-5-4-6-8-20/h4-12,18H,3,13-17H2,1-2H3. The summed E-state index contributed by atoms with van der Waals surface area (Å²) in [4.78, 5) is 30.0. The van der Waals surface area contributed by atoms with Crippen molar-refractivity contribution in [2.45, 2.75) is 26.8 Å². The number of hydrogen-bond acceptors (Lipinski definition) is 2. The van der Waals surface area contributed by atoms with Crippen molar-refractivity contribution in [3.05, 3.63) is 82.6 Å². The molecule has 0 atom stereocenters. The Kier molecular flexibility index (Phi) is 6.66. The maximum Gasteiger partial charge on any atom is 0.271 e. The number of carbonyl (C=O) groups is 2. The minimum atomic E-state index is 0.0139. The molecule has 166 valence electrons. The first kappa shape index (κ1) is 22.2. The number of amides is 2. The van der Waals surface area contributed by atoms with E-state index in [1.165, 1.54) is 0 Å². The summed E-state index contributed by atoms with van der Waals surface area (Å²) in [5, 5.41) is 0.672. The van der Waals surface area contributed by atoms with Crippen LogP contribution in [0.5, 0.6) is 0 Å². The fraction of sp³-hybridized carbons (Fsp3) is 0.308. The lowest BCUT2D eigenvalue weighted by atomic mass is 10.0. The number of aromatic nitrogens is 1. The third kappa shape index (κ3) is 4.58. The molecule has 0 spiro atoms. The van der Waals surface area contributed by atoms with Crippen LogP contribution >= 0.6 is 11.6 Å². The number of rotatable bonds is 5. The Hall–Kier alpha value is -3.05. The molecule has 0 N–H and O–H groups in total. The molecule has 1 aliphatic rings. The molecule has 0 unspecified atom stereocenters. The molecule has 0 bridgehead atoms. The molecule has 6 heteroatoms. The Morgan fingerprint density at radius 1 is 0.906 bits per heavy atom. The fourth-order valence-electron chi connectivity index (χ4n) is 4.34. The summed E-state index contributed by atoms with van der Waals surface area (Å²) in [6.45, 7) is 6.97. The lowest BCUT2D eigenvalue weighted by Gasteiger charge is -2.35. The molecular formula is C26H28ClN3O2. The molecule has 0 radical (unpaired) electrons. The zero-order valence-electron chi connectivity index (χ0n) is 18.6. The molecule has 1 aliphatic heterocycles. The van der Waals surface area contributed by atoms with E-state index in [4.69, 9.17) is 11.6 Å². The Bertz CT molecular complexity index is 1100. The van der Waals surface area contributed by atoms with Crippen molar-refractivity contribution in [1.82, 2.24) is 14.4 Å². The Morgan fingerprint density at radius 3 is 2.16 bits per heavy atom. The monoisotopic (exact) mass is 449 g/mol. The van der Waals surface area contributed by atoms with Crippen LogP contribution in [0.3, 0.4) is 0 Å². The number of aryl methyl sites for hydroxylation is 2. The van der Waals surface area contributed by atoms with Gasteiger partial charge in [0.2, 0.25) is 5.91 Å². The first-order valence-corrected chi connectivity index (χ1v) is 11.4. The third-order valence-electron chi connectivity index (χ3n) is 6.06. The molecule has 0 saturated carbocycles. The van der Waals surface area contributed by atoms with Gasteiger partial charge < -0.3 is 14.4 Å². The second-order valence-corrected chi connectivity index (χ2v) is 8.60. The Morgan fingerprint density at radius 2 is 1.53 bits per heavy atom. The molecule has 1 fully saturated rings. The molecule has 0 aliphatic carbocycles. The largest absolute Gasteiger partial charge is 0.343 e. The zero-order valence-corrected chi connectivity index (χ0v) is 19.3. The highest BCUT2D eigenvalue weighted by Gasteiger charge is 2.29.